The number of carbonyl (C=O) groups excluding carboxylic acids is 4. The van der Waals surface area contributed by atoms with Gasteiger partial charge in [0.25, 0.3) is 23.6 Å². The standard InChI is InChI=1S/C37H38Cl2N4O4/c38-16-24-41(25-17-39)19-5-18-40(20-6-22-42-34(44)28-12-1-8-26-9-2-13-29(32(26)28)35(42)45)21-7-23-43-36(46)30-14-3-10-27-11-4-15-31(33(27)30)37(43)47/h1-4,8-15H,5-7,16-25H2. The summed E-state index contributed by atoms with van der Waals surface area (Å²) in [5, 5.41) is 3.22. The molecule has 0 aliphatic carbocycles. The summed E-state index contributed by atoms with van der Waals surface area (Å²) in [7, 11) is 0. The molecule has 0 saturated heterocycles. The van der Waals surface area contributed by atoms with Crippen molar-refractivity contribution in [2.75, 3.05) is 64.1 Å². The molecule has 4 aromatic carbocycles. The van der Waals surface area contributed by atoms with Crippen LogP contribution in [-0.2, 0) is 0 Å². The summed E-state index contributed by atoms with van der Waals surface area (Å²) in [6.45, 7) is 5.03. The van der Waals surface area contributed by atoms with Gasteiger partial charge in [0, 0.05) is 71.0 Å². The van der Waals surface area contributed by atoms with Gasteiger partial charge in [-0.25, -0.2) is 0 Å². The molecule has 0 bridgehead atoms. The number of amides is 4. The first-order chi connectivity index (χ1) is 22.9. The van der Waals surface area contributed by atoms with Gasteiger partial charge in [0.1, 0.15) is 0 Å². The average molecular weight is 674 g/mol. The molecule has 4 aromatic rings. The van der Waals surface area contributed by atoms with Crippen molar-refractivity contribution in [1.29, 1.82) is 0 Å². The van der Waals surface area contributed by atoms with E-state index in [1.807, 2.05) is 48.5 Å². The van der Waals surface area contributed by atoms with Gasteiger partial charge in [-0.2, -0.15) is 0 Å². The summed E-state index contributed by atoms with van der Waals surface area (Å²) in [4.78, 5) is 60.9. The van der Waals surface area contributed by atoms with Crippen LogP contribution in [0.25, 0.3) is 21.5 Å². The van der Waals surface area contributed by atoms with Gasteiger partial charge in [0.05, 0.1) is 0 Å². The van der Waals surface area contributed by atoms with E-state index in [0.717, 1.165) is 54.1 Å². The minimum Gasteiger partial charge on any atom is -0.303 e. The van der Waals surface area contributed by atoms with E-state index >= 15 is 0 Å². The van der Waals surface area contributed by atoms with Gasteiger partial charge in [0.15, 0.2) is 0 Å². The van der Waals surface area contributed by atoms with Crippen molar-refractivity contribution in [3.05, 3.63) is 95.1 Å². The number of halogens is 2. The normalized spacial score (nSPS) is 14.5. The Morgan fingerprint density at radius 2 is 0.766 bits per heavy atom. The average Bonchev–Trinajstić information content (AvgIpc) is 3.08. The van der Waals surface area contributed by atoms with Gasteiger partial charge in [-0.1, -0.05) is 48.5 Å². The second kappa shape index (κ2) is 14.9. The number of carbonyl (C=O) groups is 4. The van der Waals surface area contributed by atoms with Crippen LogP contribution in [0, 0.1) is 0 Å². The van der Waals surface area contributed by atoms with Crippen molar-refractivity contribution in [3.63, 3.8) is 0 Å². The van der Waals surface area contributed by atoms with E-state index in [9.17, 15) is 19.2 Å². The molecule has 0 N–H and O–H groups in total. The zero-order chi connectivity index (χ0) is 32.9. The smallest absolute Gasteiger partial charge is 0.261 e. The topological polar surface area (TPSA) is 81.2 Å². The molecule has 2 heterocycles. The maximum Gasteiger partial charge on any atom is 0.261 e. The second-order valence-electron chi connectivity index (χ2n) is 12.1. The van der Waals surface area contributed by atoms with Crippen LogP contribution in [0.2, 0.25) is 0 Å². The molecular weight excluding hydrogens is 635 g/mol. The molecule has 0 saturated carbocycles. The highest BCUT2D eigenvalue weighted by Crippen LogP contribution is 2.31. The quantitative estimate of drug-likeness (QED) is 0.105. The number of nitrogens with zero attached hydrogens (tertiary/aromatic N) is 4. The number of hydrogen-bond acceptors (Lipinski definition) is 6. The third-order valence-electron chi connectivity index (χ3n) is 9.17. The maximum absolute atomic E-state index is 13.4. The molecule has 47 heavy (non-hydrogen) atoms. The lowest BCUT2D eigenvalue weighted by atomic mass is 9.94. The predicted molar refractivity (Wildman–Crippen MR) is 187 cm³/mol. The second-order valence-corrected chi connectivity index (χ2v) is 12.8. The lowest BCUT2D eigenvalue weighted by Crippen LogP contribution is -2.43. The Labute approximate surface area is 284 Å². The van der Waals surface area contributed by atoms with Crippen LogP contribution in [0.5, 0.6) is 0 Å². The molecule has 2 aliphatic heterocycles. The summed E-state index contributed by atoms with van der Waals surface area (Å²) < 4.78 is 0. The molecule has 0 unspecified atom stereocenters. The summed E-state index contributed by atoms with van der Waals surface area (Å²) in [6.07, 6.45) is 2.07. The van der Waals surface area contributed by atoms with E-state index in [1.165, 1.54) is 9.80 Å². The molecule has 8 nitrogen and oxygen atoms in total. The molecule has 0 aromatic heterocycles. The van der Waals surface area contributed by atoms with Crippen LogP contribution in [0.1, 0.15) is 60.7 Å². The Hall–Kier alpha value is -3.82. The highest BCUT2D eigenvalue weighted by Gasteiger charge is 2.33. The molecule has 2 aliphatic rings. The molecule has 0 fully saturated rings. The predicted octanol–water partition coefficient (Wildman–Crippen LogP) is 6.14. The van der Waals surface area contributed by atoms with E-state index in [2.05, 4.69) is 9.80 Å². The molecule has 4 amide bonds. The van der Waals surface area contributed by atoms with E-state index in [4.69, 9.17) is 23.2 Å². The molecular formula is C37H38Cl2N4O4. The minimum absolute atomic E-state index is 0.263. The zero-order valence-corrected chi connectivity index (χ0v) is 27.8. The van der Waals surface area contributed by atoms with Gasteiger partial charge in [0.2, 0.25) is 0 Å². The highest BCUT2D eigenvalue weighted by molar-refractivity contribution is 6.26. The maximum atomic E-state index is 13.4. The molecule has 0 radical (unpaired) electrons. The van der Waals surface area contributed by atoms with Crippen LogP contribution in [-0.4, -0.2) is 107 Å². The Kier molecular flexibility index (Phi) is 10.5. The van der Waals surface area contributed by atoms with E-state index < -0.39 is 0 Å². The molecule has 0 atom stereocenters. The Balaban J connectivity index is 1.11. The minimum atomic E-state index is -0.263. The first-order valence-electron chi connectivity index (χ1n) is 16.3. The Bertz CT molecular complexity index is 1600. The van der Waals surface area contributed by atoms with Gasteiger partial charge in [-0.05, 0) is 80.5 Å². The van der Waals surface area contributed by atoms with Crippen LogP contribution in [0.4, 0.5) is 0 Å². The molecule has 244 valence electrons. The fourth-order valence-electron chi connectivity index (χ4n) is 6.90. The van der Waals surface area contributed by atoms with Crippen molar-refractivity contribution < 1.29 is 19.2 Å². The third kappa shape index (κ3) is 6.79. The first kappa shape index (κ1) is 33.1. The number of imide groups is 2. The third-order valence-corrected chi connectivity index (χ3v) is 9.51. The fraction of sp³-hybridized carbons (Fsp3) is 0.351. The summed E-state index contributed by atoms with van der Waals surface area (Å²) in [6, 6.07) is 22.2. The van der Waals surface area contributed by atoms with Crippen molar-refractivity contribution >= 4 is 68.4 Å². The van der Waals surface area contributed by atoms with Gasteiger partial charge >= 0.3 is 0 Å². The summed E-state index contributed by atoms with van der Waals surface area (Å²) in [5.41, 5.74) is 2.23. The number of rotatable bonds is 16. The largest absolute Gasteiger partial charge is 0.303 e. The van der Waals surface area contributed by atoms with Crippen LogP contribution >= 0.6 is 23.2 Å². The van der Waals surface area contributed by atoms with Crippen molar-refractivity contribution in [3.8, 4) is 0 Å². The van der Waals surface area contributed by atoms with E-state index in [-0.39, 0.29) is 23.6 Å². The van der Waals surface area contributed by atoms with Crippen molar-refractivity contribution in [2.45, 2.75) is 19.3 Å². The van der Waals surface area contributed by atoms with Gasteiger partial charge < -0.3 is 9.80 Å². The first-order valence-corrected chi connectivity index (χ1v) is 17.3. The highest BCUT2D eigenvalue weighted by atomic mass is 35.5. The monoisotopic (exact) mass is 672 g/mol. The van der Waals surface area contributed by atoms with Gasteiger partial charge in [-0.15, -0.1) is 23.2 Å². The number of alkyl halides is 2. The SMILES string of the molecule is O=C1c2cccc3cccc(c23)C(=O)N1CCCN(CCCN(CCCl)CCCl)CCCN1C(=O)c2cccc3cccc(c23)C1=O. The zero-order valence-electron chi connectivity index (χ0n) is 26.3. The fourth-order valence-corrected chi connectivity index (χ4v) is 7.38. The van der Waals surface area contributed by atoms with E-state index in [1.54, 1.807) is 24.3 Å². The van der Waals surface area contributed by atoms with E-state index in [0.29, 0.717) is 73.0 Å². The van der Waals surface area contributed by atoms with Gasteiger partial charge in [-0.3, -0.25) is 29.0 Å². The summed E-state index contributed by atoms with van der Waals surface area (Å²) in [5.74, 6) is 0.0120. The van der Waals surface area contributed by atoms with Crippen molar-refractivity contribution in [2.24, 2.45) is 0 Å². The Morgan fingerprint density at radius 3 is 1.11 bits per heavy atom. The Morgan fingerprint density at radius 1 is 0.447 bits per heavy atom. The van der Waals surface area contributed by atoms with Crippen molar-refractivity contribution in [1.82, 2.24) is 19.6 Å². The molecule has 0 spiro atoms. The summed E-state index contributed by atoms with van der Waals surface area (Å²) >= 11 is 12.0. The van der Waals surface area contributed by atoms with Crippen LogP contribution in [0.3, 0.4) is 0 Å². The lowest BCUT2D eigenvalue weighted by molar-refractivity contribution is 0.0596. The van der Waals surface area contributed by atoms with Crippen LogP contribution in [0.15, 0.2) is 72.8 Å². The van der Waals surface area contributed by atoms with Crippen LogP contribution < -0.4 is 0 Å². The molecule has 6 rings (SSSR count). The lowest BCUT2D eigenvalue weighted by Gasteiger charge is -2.30. The number of hydrogen-bond donors (Lipinski definition) is 0. The molecule has 10 heteroatoms. The number of benzene rings is 4.